The van der Waals surface area contributed by atoms with Crippen molar-refractivity contribution in [1.29, 1.82) is 0 Å². The van der Waals surface area contributed by atoms with Crippen LogP contribution in [-0.4, -0.2) is 32.4 Å². The van der Waals surface area contributed by atoms with Gasteiger partial charge in [0.2, 0.25) is 10.0 Å². The summed E-state index contributed by atoms with van der Waals surface area (Å²) < 4.78 is 33.2. The van der Waals surface area contributed by atoms with Gasteiger partial charge in [0.25, 0.3) is 0 Å². The van der Waals surface area contributed by atoms with Gasteiger partial charge in [-0.05, 0) is 55.9 Å². The lowest BCUT2D eigenvalue weighted by molar-refractivity contribution is 0.271. The fourth-order valence-corrected chi connectivity index (χ4v) is 5.26. The Hall–Kier alpha value is -1.56. The minimum Gasteiger partial charge on any atom is -0.492 e. The Morgan fingerprint density at radius 1 is 1.12 bits per heavy atom. The minimum atomic E-state index is -3.61. The van der Waals surface area contributed by atoms with Crippen LogP contribution >= 0.6 is 11.6 Å². The predicted octanol–water partition coefficient (Wildman–Crippen LogP) is 4.38. The topological polar surface area (TPSA) is 46.6 Å². The monoisotopic (exact) mass is 393 g/mol. The average Bonchev–Trinajstić information content (AvgIpc) is 2.64. The molecular weight excluding hydrogens is 370 g/mol. The van der Waals surface area contributed by atoms with Crippen LogP contribution in [0.25, 0.3) is 0 Å². The van der Waals surface area contributed by atoms with Gasteiger partial charge >= 0.3 is 0 Å². The van der Waals surface area contributed by atoms with Gasteiger partial charge in [-0.25, -0.2) is 8.42 Å². The van der Waals surface area contributed by atoms with E-state index < -0.39 is 10.0 Å². The second kappa shape index (κ2) is 8.42. The van der Waals surface area contributed by atoms with Gasteiger partial charge in [-0.1, -0.05) is 41.9 Å². The van der Waals surface area contributed by atoms with Crippen molar-refractivity contribution in [3.63, 3.8) is 0 Å². The molecule has 0 bridgehead atoms. The molecule has 2 aromatic carbocycles. The Kier molecular flexibility index (Phi) is 6.22. The largest absolute Gasteiger partial charge is 0.492 e. The lowest BCUT2D eigenvalue weighted by atomic mass is 9.91. The molecule has 0 atom stereocenters. The van der Waals surface area contributed by atoms with E-state index in [0.717, 1.165) is 19.3 Å². The maximum Gasteiger partial charge on any atom is 0.246 e. The number of benzene rings is 2. The molecule has 0 N–H and O–H groups in total. The van der Waals surface area contributed by atoms with Gasteiger partial charge in [0.05, 0.1) is 6.61 Å². The predicted molar refractivity (Wildman–Crippen MR) is 104 cm³/mol. The Bertz CT molecular complexity index is 831. The van der Waals surface area contributed by atoms with Crippen molar-refractivity contribution in [3.8, 4) is 5.75 Å². The highest BCUT2D eigenvalue weighted by Gasteiger charge is 2.31. The number of sulfonamides is 1. The molecule has 140 valence electrons. The van der Waals surface area contributed by atoms with Gasteiger partial charge in [0.15, 0.2) is 0 Å². The van der Waals surface area contributed by atoms with Crippen molar-refractivity contribution < 1.29 is 13.2 Å². The van der Waals surface area contributed by atoms with E-state index in [1.165, 1.54) is 11.6 Å². The van der Waals surface area contributed by atoms with Gasteiger partial charge in [0.1, 0.15) is 10.6 Å². The fourth-order valence-electron chi connectivity index (χ4n) is 3.40. The molecule has 1 aliphatic rings. The molecule has 1 fully saturated rings. The first kappa shape index (κ1) is 19.2. The molecule has 2 aromatic rings. The number of piperidine rings is 1. The Labute approximate surface area is 160 Å². The summed E-state index contributed by atoms with van der Waals surface area (Å²) in [5, 5.41) is 0.394. The van der Waals surface area contributed by atoms with E-state index in [0.29, 0.717) is 36.4 Å². The summed E-state index contributed by atoms with van der Waals surface area (Å²) in [4.78, 5) is 0.161. The minimum absolute atomic E-state index is 0.161. The van der Waals surface area contributed by atoms with Crippen molar-refractivity contribution in [1.82, 2.24) is 4.31 Å². The fraction of sp³-hybridized carbons (Fsp3) is 0.400. The molecule has 6 heteroatoms. The summed E-state index contributed by atoms with van der Waals surface area (Å²) >= 11 is 6.04. The third-order valence-corrected chi connectivity index (χ3v) is 6.92. The molecule has 0 amide bonds. The molecule has 0 unspecified atom stereocenters. The van der Waals surface area contributed by atoms with Gasteiger partial charge in [-0.15, -0.1) is 0 Å². The first-order valence-corrected chi connectivity index (χ1v) is 10.8. The average molecular weight is 394 g/mol. The summed E-state index contributed by atoms with van der Waals surface area (Å²) in [7, 11) is -3.61. The lowest BCUT2D eigenvalue weighted by Crippen LogP contribution is -2.39. The summed E-state index contributed by atoms with van der Waals surface area (Å²) in [6, 6.07) is 15.1. The van der Waals surface area contributed by atoms with Crippen LogP contribution in [0.5, 0.6) is 5.75 Å². The van der Waals surface area contributed by atoms with Gasteiger partial charge in [-0.2, -0.15) is 4.31 Å². The van der Waals surface area contributed by atoms with E-state index in [-0.39, 0.29) is 4.90 Å². The SMILES string of the molecule is CCOc1ccc(Cl)cc1S(=O)(=O)N1CCC(Cc2ccccc2)CC1. The standard InChI is InChI=1S/C20H24ClNO3S/c1-2-25-19-9-8-18(21)15-20(19)26(23,24)22-12-10-17(11-13-22)14-16-6-4-3-5-7-16/h3-9,15,17H,2,10-14H2,1H3. The smallest absolute Gasteiger partial charge is 0.246 e. The molecule has 0 aromatic heterocycles. The highest BCUT2D eigenvalue weighted by Crippen LogP contribution is 2.32. The van der Waals surface area contributed by atoms with Crippen LogP contribution < -0.4 is 4.74 Å². The second-order valence-electron chi connectivity index (χ2n) is 6.56. The highest BCUT2D eigenvalue weighted by atomic mass is 35.5. The number of hydrogen-bond acceptors (Lipinski definition) is 3. The lowest BCUT2D eigenvalue weighted by Gasteiger charge is -2.31. The summed E-state index contributed by atoms with van der Waals surface area (Å²) in [5.41, 5.74) is 1.31. The van der Waals surface area contributed by atoms with Crippen molar-refractivity contribution in [2.45, 2.75) is 31.1 Å². The molecule has 0 saturated carbocycles. The van der Waals surface area contributed by atoms with E-state index in [4.69, 9.17) is 16.3 Å². The molecule has 3 rings (SSSR count). The maximum absolute atomic E-state index is 13.1. The van der Waals surface area contributed by atoms with Crippen LogP contribution in [0.15, 0.2) is 53.4 Å². The van der Waals surface area contributed by atoms with Crippen molar-refractivity contribution in [2.24, 2.45) is 5.92 Å². The maximum atomic E-state index is 13.1. The quantitative estimate of drug-likeness (QED) is 0.731. The third kappa shape index (κ3) is 4.40. The molecule has 0 spiro atoms. The van der Waals surface area contributed by atoms with Crippen LogP contribution in [0.1, 0.15) is 25.3 Å². The van der Waals surface area contributed by atoms with E-state index >= 15 is 0 Å². The third-order valence-electron chi connectivity index (χ3n) is 4.76. The van der Waals surface area contributed by atoms with Crippen LogP contribution in [0.2, 0.25) is 5.02 Å². The van der Waals surface area contributed by atoms with E-state index in [1.807, 2.05) is 25.1 Å². The molecular formula is C20H24ClNO3S. The zero-order valence-electron chi connectivity index (χ0n) is 14.9. The number of ether oxygens (including phenoxy) is 1. The number of nitrogens with zero attached hydrogens (tertiary/aromatic N) is 1. The Morgan fingerprint density at radius 3 is 2.46 bits per heavy atom. The molecule has 0 radical (unpaired) electrons. The Balaban J connectivity index is 1.71. The first-order valence-electron chi connectivity index (χ1n) is 8.97. The van der Waals surface area contributed by atoms with Crippen LogP contribution in [0.4, 0.5) is 0 Å². The van der Waals surface area contributed by atoms with Gasteiger partial charge in [0, 0.05) is 18.1 Å². The molecule has 1 aliphatic heterocycles. The van der Waals surface area contributed by atoms with E-state index in [9.17, 15) is 8.42 Å². The van der Waals surface area contributed by atoms with Crippen LogP contribution in [-0.2, 0) is 16.4 Å². The molecule has 1 saturated heterocycles. The van der Waals surface area contributed by atoms with E-state index in [1.54, 1.807) is 16.4 Å². The number of halogens is 1. The van der Waals surface area contributed by atoms with Crippen LogP contribution in [0.3, 0.4) is 0 Å². The van der Waals surface area contributed by atoms with Crippen LogP contribution in [0, 0.1) is 5.92 Å². The number of rotatable bonds is 6. The van der Waals surface area contributed by atoms with Crippen molar-refractivity contribution >= 4 is 21.6 Å². The second-order valence-corrected chi connectivity index (χ2v) is 8.90. The highest BCUT2D eigenvalue weighted by molar-refractivity contribution is 7.89. The zero-order valence-corrected chi connectivity index (χ0v) is 16.5. The summed E-state index contributed by atoms with van der Waals surface area (Å²) in [5.74, 6) is 0.873. The molecule has 0 aliphatic carbocycles. The summed E-state index contributed by atoms with van der Waals surface area (Å²) in [6.07, 6.45) is 2.72. The van der Waals surface area contributed by atoms with Gasteiger partial charge < -0.3 is 4.74 Å². The zero-order chi connectivity index (χ0) is 18.6. The normalized spacial score (nSPS) is 16.5. The molecule has 1 heterocycles. The first-order chi connectivity index (χ1) is 12.5. The van der Waals surface area contributed by atoms with Crippen molar-refractivity contribution in [2.75, 3.05) is 19.7 Å². The van der Waals surface area contributed by atoms with E-state index in [2.05, 4.69) is 12.1 Å². The van der Waals surface area contributed by atoms with Crippen molar-refractivity contribution in [3.05, 3.63) is 59.1 Å². The van der Waals surface area contributed by atoms with Gasteiger partial charge in [-0.3, -0.25) is 0 Å². The Morgan fingerprint density at radius 2 is 1.81 bits per heavy atom. The summed E-state index contributed by atoms with van der Waals surface area (Å²) in [6.45, 7) is 3.29. The number of hydrogen-bond donors (Lipinski definition) is 0. The molecule has 4 nitrogen and oxygen atoms in total. The molecule has 26 heavy (non-hydrogen) atoms.